The summed E-state index contributed by atoms with van der Waals surface area (Å²) < 4.78 is 41.6. The van der Waals surface area contributed by atoms with Crippen molar-refractivity contribution in [2.45, 2.75) is 77.0 Å². The van der Waals surface area contributed by atoms with Crippen LogP contribution in [0.4, 0.5) is 9.18 Å². The van der Waals surface area contributed by atoms with E-state index in [4.69, 9.17) is 18.9 Å². The molecule has 6 rings (SSSR count). The van der Waals surface area contributed by atoms with Crippen LogP contribution in [0.25, 0.3) is 15.9 Å². The molecular weight excluding hydrogens is 579 g/mol. The number of fused-ring (bicyclic) bond motifs is 2. The summed E-state index contributed by atoms with van der Waals surface area (Å²) in [6.07, 6.45) is -5.33. The summed E-state index contributed by atoms with van der Waals surface area (Å²) in [7, 11) is 0. The Morgan fingerprint density at radius 2 is 1.93 bits per heavy atom. The van der Waals surface area contributed by atoms with E-state index >= 15 is 4.39 Å². The number of hydrazine groups is 1. The van der Waals surface area contributed by atoms with Crippen LogP contribution in [0.2, 0.25) is 0 Å². The minimum atomic E-state index is -1.33. The predicted molar refractivity (Wildman–Crippen MR) is 154 cm³/mol. The SMILES string of the molecule is Cc1nc([C@@H]2O[C@@H]3COC(c4ccccc4)O[C@@H]3[C@H](NNC(=O)OC(C)(C)C)[C@H]2O)n(-c2cc3sc(C)nc3cc2F)n1. The fraction of sp³-hybridized carbons (Fsp3) is 0.448. The van der Waals surface area contributed by atoms with E-state index < -0.39 is 54.3 Å². The van der Waals surface area contributed by atoms with Gasteiger partial charge in [-0.1, -0.05) is 30.3 Å². The summed E-state index contributed by atoms with van der Waals surface area (Å²) >= 11 is 1.43. The molecule has 6 atom stereocenters. The highest BCUT2D eigenvalue weighted by Crippen LogP contribution is 2.39. The van der Waals surface area contributed by atoms with Crippen LogP contribution >= 0.6 is 11.3 Å². The molecule has 4 aromatic rings. The molecule has 2 saturated heterocycles. The third kappa shape index (κ3) is 6.12. The largest absolute Gasteiger partial charge is 0.443 e. The van der Waals surface area contributed by atoms with Crippen LogP contribution < -0.4 is 10.9 Å². The number of carbonyl (C=O) groups is 1. The van der Waals surface area contributed by atoms with E-state index in [1.165, 1.54) is 22.1 Å². The number of aliphatic hydroxyl groups excluding tert-OH is 1. The van der Waals surface area contributed by atoms with Gasteiger partial charge in [0, 0.05) is 11.6 Å². The molecule has 14 heteroatoms. The molecule has 3 N–H and O–H groups in total. The molecule has 2 aliphatic rings. The normalized spacial score (nSPS) is 25.8. The Morgan fingerprint density at radius 1 is 1.16 bits per heavy atom. The van der Waals surface area contributed by atoms with Gasteiger partial charge in [-0.2, -0.15) is 5.10 Å². The fourth-order valence-electron chi connectivity index (χ4n) is 5.25. The molecule has 0 spiro atoms. The lowest BCUT2D eigenvalue weighted by Gasteiger charge is -2.48. The zero-order valence-corrected chi connectivity index (χ0v) is 25.1. The molecule has 1 amide bonds. The molecule has 0 aliphatic carbocycles. The first-order valence-electron chi connectivity index (χ1n) is 13.9. The molecule has 0 bridgehead atoms. The average molecular weight is 613 g/mol. The predicted octanol–water partition coefficient (Wildman–Crippen LogP) is 3.95. The van der Waals surface area contributed by atoms with Crippen molar-refractivity contribution in [3.8, 4) is 5.69 Å². The maximum Gasteiger partial charge on any atom is 0.422 e. The Kier molecular flexibility index (Phi) is 7.91. The lowest BCUT2D eigenvalue weighted by Crippen LogP contribution is -2.66. The first kappa shape index (κ1) is 29.5. The summed E-state index contributed by atoms with van der Waals surface area (Å²) in [6, 6.07) is 11.5. The smallest absolute Gasteiger partial charge is 0.422 e. The minimum absolute atomic E-state index is 0.117. The van der Waals surface area contributed by atoms with Crippen LogP contribution in [0.5, 0.6) is 0 Å². The third-order valence-corrected chi connectivity index (χ3v) is 7.94. The fourth-order valence-corrected chi connectivity index (χ4v) is 6.09. The number of nitrogens with zero attached hydrogens (tertiary/aromatic N) is 4. The Labute approximate surface area is 251 Å². The summed E-state index contributed by atoms with van der Waals surface area (Å²) in [5, 5.41) is 17.0. The molecule has 43 heavy (non-hydrogen) atoms. The van der Waals surface area contributed by atoms with Crippen LogP contribution in [-0.4, -0.2) is 67.5 Å². The van der Waals surface area contributed by atoms with Gasteiger partial charge in [-0.05, 0) is 40.7 Å². The number of thiazole rings is 1. The van der Waals surface area contributed by atoms with E-state index in [9.17, 15) is 9.90 Å². The van der Waals surface area contributed by atoms with Gasteiger partial charge in [0.25, 0.3) is 0 Å². The molecule has 2 fully saturated rings. The Bertz CT molecular complexity index is 1620. The maximum atomic E-state index is 15.4. The molecule has 2 aromatic heterocycles. The van der Waals surface area contributed by atoms with Crippen molar-refractivity contribution in [3.63, 3.8) is 0 Å². The molecular formula is C29H33FN6O6S. The highest BCUT2D eigenvalue weighted by Gasteiger charge is 2.51. The number of nitrogens with one attached hydrogen (secondary N) is 2. The van der Waals surface area contributed by atoms with Crippen molar-refractivity contribution in [1.29, 1.82) is 0 Å². The Balaban J connectivity index is 1.34. The zero-order chi connectivity index (χ0) is 30.5. The second-order valence-corrected chi connectivity index (χ2v) is 12.7. The van der Waals surface area contributed by atoms with E-state index in [0.717, 1.165) is 15.3 Å². The van der Waals surface area contributed by atoms with E-state index in [-0.39, 0.29) is 18.1 Å². The van der Waals surface area contributed by atoms with Crippen LogP contribution in [-0.2, 0) is 18.9 Å². The summed E-state index contributed by atoms with van der Waals surface area (Å²) in [6.45, 7) is 8.87. The molecule has 0 radical (unpaired) electrons. The Hall–Kier alpha value is -3.53. The van der Waals surface area contributed by atoms with E-state index in [0.29, 0.717) is 11.3 Å². The second kappa shape index (κ2) is 11.5. The summed E-state index contributed by atoms with van der Waals surface area (Å²) in [5.41, 5.74) is 6.15. The van der Waals surface area contributed by atoms with Crippen LogP contribution in [0.3, 0.4) is 0 Å². The van der Waals surface area contributed by atoms with Gasteiger partial charge in [0.15, 0.2) is 17.9 Å². The molecule has 4 heterocycles. The number of halogens is 1. The molecule has 2 aliphatic heterocycles. The van der Waals surface area contributed by atoms with Gasteiger partial charge in [-0.25, -0.2) is 29.3 Å². The quantitative estimate of drug-likeness (QED) is 0.284. The zero-order valence-electron chi connectivity index (χ0n) is 24.3. The van der Waals surface area contributed by atoms with E-state index in [1.54, 1.807) is 33.8 Å². The lowest BCUT2D eigenvalue weighted by molar-refractivity contribution is -0.313. The van der Waals surface area contributed by atoms with Gasteiger partial charge in [0.05, 0.1) is 27.9 Å². The number of carbonyl (C=O) groups excluding carboxylic acids is 1. The molecule has 2 aromatic carbocycles. The van der Waals surface area contributed by atoms with Crippen LogP contribution in [0.1, 0.15) is 55.4 Å². The molecule has 1 unspecified atom stereocenters. The van der Waals surface area contributed by atoms with E-state index in [2.05, 4.69) is 25.9 Å². The maximum absolute atomic E-state index is 15.4. The highest BCUT2D eigenvalue weighted by atomic mass is 32.1. The van der Waals surface area contributed by atoms with E-state index in [1.807, 2.05) is 37.3 Å². The average Bonchev–Trinajstić information content (AvgIpc) is 3.51. The lowest BCUT2D eigenvalue weighted by atomic mass is 9.91. The van der Waals surface area contributed by atoms with Gasteiger partial charge >= 0.3 is 6.09 Å². The van der Waals surface area contributed by atoms with Crippen molar-refractivity contribution in [1.82, 2.24) is 30.6 Å². The van der Waals surface area contributed by atoms with Gasteiger partial charge in [-0.15, -0.1) is 11.3 Å². The van der Waals surface area contributed by atoms with Crippen LogP contribution in [0, 0.1) is 19.7 Å². The monoisotopic (exact) mass is 612 g/mol. The first-order valence-corrected chi connectivity index (χ1v) is 14.7. The van der Waals surface area contributed by atoms with Gasteiger partial charge in [0.1, 0.15) is 41.5 Å². The number of aromatic nitrogens is 4. The van der Waals surface area contributed by atoms with Gasteiger partial charge in [0.2, 0.25) is 0 Å². The number of benzene rings is 2. The number of hydrogen-bond acceptors (Lipinski definition) is 11. The van der Waals surface area contributed by atoms with Crippen molar-refractivity contribution < 1.29 is 33.2 Å². The van der Waals surface area contributed by atoms with Gasteiger partial charge in [-0.3, -0.25) is 5.43 Å². The number of aryl methyl sites for hydroxylation is 2. The number of hydrogen-bond donors (Lipinski definition) is 3. The summed E-state index contributed by atoms with van der Waals surface area (Å²) in [5.74, 6) is -0.0230. The van der Waals surface area contributed by atoms with Gasteiger partial charge < -0.3 is 24.1 Å². The van der Waals surface area contributed by atoms with Crippen molar-refractivity contribution >= 4 is 27.6 Å². The topological polar surface area (TPSA) is 142 Å². The first-order chi connectivity index (χ1) is 20.5. The number of ether oxygens (including phenoxy) is 4. The van der Waals surface area contributed by atoms with Crippen LogP contribution in [0.15, 0.2) is 42.5 Å². The van der Waals surface area contributed by atoms with Crippen molar-refractivity contribution in [2.24, 2.45) is 0 Å². The Morgan fingerprint density at radius 3 is 2.67 bits per heavy atom. The number of amides is 1. The summed E-state index contributed by atoms with van der Waals surface area (Å²) in [4.78, 5) is 21.4. The molecule has 228 valence electrons. The highest BCUT2D eigenvalue weighted by molar-refractivity contribution is 7.18. The standard InChI is InChI=1S/C29H33FN6O6S/c1-14-31-26(36(35-14)19-12-21-18(11-17(19)30)32-15(2)43-21)25-23(37)22(33-34-28(38)42-29(3,4)5)24-20(40-25)13-39-27(41-24)16-9-7-6-8-10-16/h6-12,20,22-25,27,33,37H,13H2,1-5H3,(H,34,38)/t20-,22-,23-,24+,25-,27?/m1/s1. The minimum Gasteiger partial charge on any atom is -0.443 e. The van der Waals surface area contributed by atoms with Crippen molar-refractivity contribution in [3.05, 3.63) is 70.5 Å². The number of aliphatic hydroxyl groups is 1. The molecule has 0 saturated carbocycles. The third-order valence-electron chi connectivity index (χ3n) is 7.01. The van der Waals surface area contributed by atoms with Crippen molar-refractivity contribution in [2.75, 3.05) is 6.61 Å². The second-order valence-electron chi connectivity index (χ2n) is 11.5. The number of rotatable bonds is 5. The molecule has 12 nitrogen and oxygen atoms in total.